The van der Waals surface area contributed by atoms with E-state index in [0.717, 1.165) is 44.8 Å². The second-order valence-corrected chi connectivity index (χ2v) is 6.38. The van der Waals surface area contributed by atoms with Gasteiger partial charge in [-0.15, -0.1) is 0 Å². The molecule has 1 N–H and O–H groups in total. The van der Waals surface area contributed by atoms with Crippen molar-refractivity contribution in [2.24, 2.45) is 5.92 Å². The monoisotopic (exact) mass is 250 g/mol. The van der Waals surface area contributed by atoms with Crippen molar-refractivity contribution in [1.29, 1.82) is 0 Å². The lowest BCUT2D eigenvalue weighted by Gasteiger charge is -2.35. The Labute approximate surface area is 110 Å². The average Bonchev–Trinajstić information content (AvgIpc) is 3.24. The van der Waals surface area contributed by atoms with Crippen LogP contribution in [0, 0.1) is 5.92 Å². The molecule has 0 aromatic heterocycles. The van der Waals surface area contributed by atoms with E-state index in [2.05, 4.69) is 10.2 Å². The maximum Gasteiger partial charge on any atom is 0.225 e. The highest BCUT2D eigenvalue weighted by molar-refractivity contribution is 5.81. The Hall–Kier alpha value is -0.570. The molecule has 0 aromatic carbocycles. The summed E-state index contributed by atoms with van der Waals surface area (Å²) in [6.45, 7) is 1.97. The Morgan fingerprint density at radius 2 is 1.44 bits per heavy atom. The molecule has 0 unspecified atom stereocenters. The smallest absolute Gasteiger partial charge is 0.225 e. The number of amides is 1. The Bertz CT molecular complexity index is 287. The molecule has 3 heteroatoms. The van der Waals surface area contributed by atoms with Crippen LogP contribution in [-0.4, -0.2) is 36.0 Å². The van der Waals surface area contributed by atoms with Crippen molar-refractivity contribution in [1.82, 2.24) is 10.2 Å². The first kappa shape index (κ1) is 12.5. The van der Waals surface area contributed by atoms with Crippen LogP contribution in [0.1, 0.15) is 57.8 Å². The fraction of sp³-hybridized carbons (Fsp3) is 0.933. The summed E-state index contributed by atoms with van der Waals surface area (Å²) in [6.07, 6.45) is 11.5. The highest BCUT2D eigenvalue weighted by Gasteiger charge is 2.35. The van der Waals surface area contributed by atoms with E-state index in [1.165, 1.54) is 32.1 Å². The normalized spacial score (nSPS) is 27.4. The SMILES string of the molecule is O=C(C1CC1)N1CCC(NC2CCCCC2)CC1. The molecule has 3 fully saturated rings. The van der Waals surface area contributed by atoms with E-state index in [4.69, 9.17) is 0 Å². The Morgan fingerprint density at radius 1 is 0.833 bits per heavy atom. The van der Waals surface area contributed by atoms with Gasteiger partial charge in [0.25, 0.3) is 0 Å². The third kappa shape index (κ3) is 3.05. The number of carbonyl (C=O) groups excluding carboxylic acids is 1. The number of hydrogen-bond donors (Lipinski definition) is 1. The topological polar surface area (TPSA) is 32.3 Å². The summed E-state index contributed by atoms with van der Waals surface area (Å²) in [6, 6.07) is 1.42. The molecule has 0 radical (unpaired) electrons. The van der Waals surface area contributed by atoms with Gasteiger partial charge in [0.15, 0.2) is 0 Å². The summed E-state index contributed by atoms with van der Waals surface area (Å²) in [4.78, 5) is 14.1. The summed E-state index contributed by atoms with van der Waals surface area (Å²) < 4.78 is 0. The van der Waals surface area contributed by atoms with Gasteiger partial charge in [-0.25, -0.2) is 0 Å². The Balaban J connectivity index is 1.40. The first-order chi connectivity index (χ1) is 8.83. The van der Waals surface area contributed by atoms with Gasteiger partial charge >= 0.3 is 0 Å². The zero-order valence-corrected chi connectivity index (χ0v) is 11.4. The summed E-state index contributed by atoms with van der Waals surface area (Å²) in [5.41, 5.74) is 0. The van der Waals surface area contributed by atoms with E-state index < -0.39 is 0 Å². The predicted molar refractivity (Wildman–Crippen MR) is 72.3 cm³/mol. The summed E-state index contributed by atoms with van der Waals surface area (Å²) in [7, 11) is 0. The fourth-order valence-electron chi connectivity index (χ4n) is 3.46. The van der Waals surface area contributed by atoms with Crippen molar-refractivity contribution in [3.05, 3.63) is 0 Å². The van der Waals surface area contributed by atoms with Crippen LogP contribution >= 0.6 is 0 Å². The fourth-order valence-corrected chi connectivity index (χ4v) is 3.46. The molecule has 18 heavy (non-hydrogen) atoms. The predicted octanol–water partition coefficient (Wildman–Crippen LogP) is 2.31. The van der Waals surface area contributed by atoms with E-state index in [1.807, 2.05) is 0 Å². The lowest BCUT2D eigenvalue weighted by molar-refractivity contribution is -0.133. The van der Waals surface area contributed by atoms with E-state index in [9.17, 15) is 4.79 Å². The van der Waals surface area contributed by atoms with Gasteiger partial charge in [-0.05, 0) is 38.5 Å². The van der Waals surface area contributed by atoms with Gasteiger partial charge in [0.05, 0.1) is 0 Å². The van der Waals surface area contributed by atoms with Crippen molar-refractivity contribution in [3.63, 3.8) is 0 Å². The largest absolute Gasteiger partial charge is 0.342 e. The van der Waals surface area contributed by atoms with Crippen LogP contribution in [0.15, 0.2) is 0 Å². The number of nitrogens with zero attached hydrogens (tertiary/aromatic N) is 1. The number of nitrogens with one attached hydrogen (secondary N) is 1. The summed E-state index contributed by atoms with van der Waals surface area (Å²) >= 11 is 0. The average molecular weight is 250 g/mol. The summed E-state index contributed by atoms with van der Waals surface area (Å²) in [5.74, 6) is 0.832. The zero-order valence-electron chi connectivity index (χ0n) is 11.4. The number of rotatable bonds is 3. The van der Waals surface area contributed by atoms with Gasteiger partial charge in [0.1, 0.15) is 0 Å². The van der Waals surface area contributed by atoms with Crippen LogP contribution in [0.25, 0.3) is 0 Å². The van der Waals surface area contributed by atoms with E-state index >= 15 is 0 Å². The standard InChI is InChI=1S/C15H26N2O/c18-15(12-6-7-12)17-10-8-14(9-11-17)16-13-4-2-1-3-5-13/h12-14,16H,1-11H2. The van der Waals surface area contributed by atoms with Crippen molar-refractivity contribution < 1.29 is 4.79 Å². The van der Waals surface area contributed by atoms with Crippen LogP contribution in [0.5, 0.6) is 0 Å². The van der Waals surface area contributed by atoms with Gasteiger partial charge in [-0.3, -0.25) is 4.79 Å². The molecule has 1 saturated heterocycles. The second-order valence-electron chi connectivity index (χ2n) is 6.38. The van der Waals surface area contributed by atoms with Crippen molar-refractivity contribution in [3.8, 4) is 0 Å². The summed E-state index contributed by atoms with van der Waals surface area (Å²) in [5, 5.41) is 3.82. The Morgan fingerprint density at radius 3 is 2.06 bits per heavy atom. The highest BCUT2D eigenvalue weighted by atomic mass is 16.2. The minimum Gasteiger partial charge on any atom is -0.342 e. The molecular weight excluding hydrogens is 224 g/mol. The first-order valence-electron chi connectivity index (χ1n) is 7.88. The lowest BCUT2D eigenvalue weighted by atomic mass is 9.93. The highest BCUT2D eigenvalue weighted by Crippen LogP contribution is 2.32. The van der Waals surface area contributed by atoms with Gasteiger partial charge in [-0.2, -0.15) is 0 Å². The Kier molecular flexibility index (Phi) is 3.88. The van der Waals surface area contributed by atoms with E-state index in [1.54, 1.807) is 0 Å². The van der Waals surface area contributed by atoms with E-state index in [0.29, 0.717) is 17.9 Å². The lowest BCUT2D eigenvalue weighted by Crippen LogP contribution is -2.48. The minimum absolute atomic E-state index is 0.396. The van der Waals surface area contributed by atoms with Crippen LogP contribution in [-0.2, 0) is 4.79 Å². The van der Waals surface area contributed by atoms with Gasteiger partial charge in [0, 0.05) is 31.1 Å². The molecule has 2 aliphatic carbocycles. The molecule has 0 bridgehead atoms. The van der Waals surface area contributed by atoms with E-state index in [-0.39, 0.29) is 0 Å². The molecule has 1 aliphatic heterocycles. The van der Waals surface area contributed by atoms with Crippen LogP contribution < -0.4 is 5.32 Å². The molecule has 0 spiro atoms. The van der Waals surface area contributed by atoms with Gasteiger partial charge < -0.3 is 10.2 Å². The number of likely N-dealkylation sites (tertiary alicyclic amines) is 1. The molecular formula is C15H26N2O. The molecule has 3 nitrogen and oxygen atoms in total. The molecule has 1 amide bonds. The third-order valence-corrected chi connectivity index (χ3v) is 4.81. The number of carbonyl (C=O) groups is 1. The quantitative estimate of drug-likeness (QED) is 0.833. The van der Waals surface area contributed by atoms with Crippen LogP contribution in [0.3, 0.4) is 0 Å². The molecule has 102 valence electrons. The molecule has 0 atom stereocenters. The molecule has 3 rings (SSSR count). The third-order valence-electron chi connectivity index (χ3n) is 4.81. The van der Waals surface area contributed by atoms with Crippen molar-refractivity contribution in [2.45, 2.75) is 69.9 Å². The second kappa shape index (κ2) is 5.60. The van der Waals surface area contributed by atoms with Crippen molar-refractivity contribution >= 4 is 5.91 Å². The molecule has 0 aromatic rings. The number of hydrogen-bond acceptors (Lipinski definition) is 2. The maximum absolute atomic E-state index is 12.0. The molecule has 2 saturated carbocycles. The first-order valence-corrected chi connectivity index (χ1v) is 7.88. The number of piperidine rings is 1. The maximum atomic E-state index is 12.0. The molecule has 3 aliphatic rings. The van der Waals surface area contributed by atoms with Gasteiger partial charge in [-0.1, -0.05) is 19.3 Å². The molecule has 1 heterocycles. The van der Waals surface area contributed by atoms with Crippen molar-refractivity contribution in [2.75, 3.05) is 13.1 Å². The minimum atomic E-state index is 0.396. The van der Waals surface area contributed by atoms with Crippen LogP contribution in [0.2, 0.25) is 0 Å². The van der Waals surface area contributed by atoms with Crippen LogP contribution in [0.4, 0.5) is 0 Å². The van der Waals surface area contributed by atoms with Gasteiger partial charge in [0.2, 0.25) is 5.91 Å². The zero-order chi connectivity index (χ0) is 12.4.